The normalized spacial score (nSPS) is 17.2. The number of para-hydroxylation sites is 1. The quantitative estimate of drug-likeness (QED) is 0.748. The highest BCUT2D eigenvalue weighted by atomic mass is 32.1. The predicted molar refractivity (Wildman–Crippen MR) is 105 cm³/mol. The van der Waals surface area contributed by atoms with Crippen LogP contribution in [-0.4, -0.2) is 41.3 Å². The number of aromatic nitrogens is 1. The molecule has 1 unspecified atom stereocenters. The lowest BCUT2D eigenvalue weighted by Crippen LogP contribution is -2.45. The van der Waals surface area contributed by atoms with Crippen LogP contribution in [0.2, 0.25) is 0 Å². The molecule has 6 nitrogen and oxygen atoms in total. The Morgan fingerprint density at radius 2 is 2.15 bits per heavy atom. The molecule has 0 bridgehead atoms. The van der Waals surface area contributed by atoms with Crippen molar-refractivity contribution in [3.8, 4) is 10.8 Å². The first kappa shape index (κ1) is 17.7. The number of carbonyl (C=O) groups excluding carboxylic acids is 2. The van der Waals surface area contributed by atoms with Gasteiger partial charge in [0.2, 0.25) is 5.91 Å². The molecule has 7 heteroatoms. The van der Waals surface area contributed by atoms with Crippen LogP contribution in [0.5, 0.6) is 0 Å². The van der Waals surface area contributed by atoms with Crippen molar-refractivity contribution in [2.75, 3.05) is 19.6 Å². The molecular weight excluding hydrogens is 362 g/mol. The first-order valence-corrected chi connectivity index (χ1v) is 10.00. The van der Waals surface area contributed by atoms with E-state index in [1.807, 2.05) is 31.2 Å². The number of nitrogens with one attached hydrogen (secondary N) is 1. The van der Waals surface area contributed by atoms with Crippen LogP contribution >= 0.6 is 11.3 Å². The summed E-state index contributed by atoms with van der Waals surface area (Å²) in [6, 6.07) is 11.4. The molecule has 4 rings (SSSR count). The number of rotatable bonds is 4. The fraction of sp³-hybridized carbons (Fsp3) is 0.350. The fourth-order valence-electron chi connectivity index (χ4n) is 3.40. The van der Waals surface area contributed by atoms with Gasteiger partial charge in [0.1, 0.15) is 0 Å². The van der Waals surface area contributed by atoms with Crippen LogP contribution in [0.4, 0.5) is 0 Å². The Morgan fingerprint density at radius 1 is 1.30 bits per heavy atom. The van der Waals surface area contributed by atoms with E-state index in [2.05, 4.69) is 10.3 Å². The van der Waals surface area contributed by atoms with Crippen molar-refractivity contribution in [1.29, 1.82) is 0 Å². The summed E-state index contributed by atoms with van der Waals surface area (Å²) in [7, 11) is 0. The lowest BCUT2D eigenvalue weighted by Gasteiger charge is -2.31. The maximum atomic E-state index is 12.8. The number of fused-ring (bicyclic) bond motifs is 1. The Bertz CT molecular complexity index is 945. The third kappa shape index (κ3) is 3.60. The van der Waals surface area contributed by atoms with Crippen molar-refractivity contribution in [3.63, 3.8) is 0 Å². The SMILES string of the molecule is CCNC(=O)C1CCCN(C(=O)c2ccc(-c3nc4ccccc4s3)o2)C1. The standard InChI is InChI=1S/C20H21N3O3S/c1-2-21-18(24)13-6-5-11-23(12-13)20(25)16-10-9-15(26-16)19-22-14-7-3-4-8-17(14)27-19/h3-4,7-10,13H,2,5-6,11-12H2,1H3,(H,21,24). The second-order valence-corrected chi connectivity index (χ2v) is 7.67. The zero-order valence-corrected chi connectivity index (χ0v) is 15.9. The maximum absolute atomic E-state index is 12.8. The van der Waals surface area contributed by atoms with E-state index in [-0.39, 0.29) is 17.7 Å². The van der Waals surface area contributed by atoms with Crippen molar-refractivity contribution in [3.05, 3.63) is 42.2 Å². The maximum Gasteiger partial charge on any atom is 0.289 e. The molecule has 27 heavy (non-hydrogen) atoms. The summed E-state index contributed by atoms with van der Waals surface area (Å²) >= 11 is 1.54. The Morgan fingerprint density at radius 3 is 2.96 bits per heavy atom. The van der Waals surface area contributed by atoms with Crippen molar-refractivity contribution < 1.29 is 14.0 Å². The van der Waals surface area contributed by atoms with Crippen LogP contribution in [0.3, 0.4) is 0 Å². The van der Waals surface area contributed by atoms with E-state index in [0.29, 0.717) is 31.2 Å². The molecule has 1 aliphatic rings. The monoisotopic (exact) mass is 383 g/mol. The van der Waals surface area contributed by atoms with Crippen molar-refractivity contribution in [2.24, 2.45) is 5.92 Å². The molecule has 0 radical (unpaired) electrons. The number of furan rings is 1. The summed E-state index contributed by atoms with van der Waals surface area (Å²) in [5, 5.41) is 3.60. The van der Waals surface area contributed by atoms with Gasteiger partial charge in [-0.25, -0.2) is 4.98 Å². The second-order valence-electron chi connectivity index (χ2n) is 6.64. The van der Waals surface area contributed by atoms with Crippen molar-refractivity contribution in [2.45, 2.75) is 19.8 Å². The first-order chi connectivity index (χ1) is 13.2. The second kappa shape index (κ2) is 7.52. The predicted octanol–water partition coefficient (Wildman–Crippen LogP) is 3.54. The summed E-state index contributed by atoms with van der Waals surface area (Å²) in [5.41, 5.74) is 0.919. The van der Waals surface area contributed by atoms with Crippen LogP contribution < -0.4 is 5.32 Å². The van der Waals surface area contributed by atoms with Gasteiger partial charge in [-0.2, -0.15) is 0 Å². The molecular formula is C20H21N3O3S. The lowest BCUT2D eigenvalue weighted by molar-refractivity contribution is -0.126. The number of hydrogen-bond donors (Lipinski definition) is 1. The van der Waals surface area contributed by atoms with Crippen LogP contribution in [0, 0.1) is 5.92 Å². The number of benzene rings is 1. The minimum Gasteiger partial charge on any atom is -0.448 e. The highest BCUT2D eigenvalue weighted by molar-refractivity contribution is 7.21. The van der Waals surface area contributed by atoms with Gasteiger partial charge in [-0.15, -0.1) is 11.3 Å². The first-order valence-electron chi connectivity index (χ1n) is 9.18. The molecule has 3 aromatic rings. The smallest absolute Gasteiger partial charge is 0.289 e. The van der Waals surface area contributed by atoms with Gasteiger partial charge < -0.3 is 14.6 Å². The van der Waals surface area contributed by atoms with E-state index in [0.717, 1.165) is 28.1 Å². The minimum atomic E-state index is -0.170. The average molecular weight is 383 g/mol. The fourth-order valence-corrected chi connectivity index (χ4v) is 4.32. The molecule has 0 saturated carbocycles. The summed E-state index contributed by atoms with van der Waals surface area (Å²) < 4.78 is 6.89. The number of hydrogen-bond acceptors (Lipinski definition) is 5. The molecule has 0 spiro atoms. The van der Waals surface area contributed by atoms with Crippen molar-refractivity contribution >= 4 is 33.4 Å². The molecule has 1 fully saturated rings. The largest absolute Gasteiger partial charge is 0.448 e. The Kier molecular flexibility index (Phi) is 4.94. The highest BCUT2D eigenvalue weighted by Crippen LogP contribution is 2.31. The molecule has 1 atom stereocenters. The Balaban J connectivity index is 1.50. The van der Waals surface area contributed by atoms with Crippen molar-refractivity contribution in [1.82, 2.24) is 15.2 Å². The molecule has 2 amide bonds. The lowest BCUT2D eigenvalue weighted by atomic mass is 9.97. The zero-order valence-electron chi connectivity index (χ0n) is 15.1. The van der Waals surface area contributed by atoms with Gasteiger partial charge in [-0.1, -0.05) is 12.1 Å². The molecule has 2 aromatic heterocycles. The number of nitrogens with zero attached hydrogens (tertiary/aromatic N) is 2. The van der Waals surface area contributed by atoms with E-state index in [4.69, 9.17) is 4.42 Å². The molecule has 0 aliphatic carbocycles. The van der Waals surface area contributed by atoms with Gasteiger partial charge in [0.05, 0.1) is 16.1 Å². The molecule has 1 saturated heterocycles. The Hall–Kier alpha value is -2.67. The number of thiazole rings is 1. The average Bonchev–Trinajstić information content (AvgIpc) is 3.34. The minimum absolute atomic E-state index is 0.0182. The summed E-state index contributed by atoms with van der Waals surface area (Å²) in [4.78, 5) is 31.2. The summed E-state index contributed by atoms with van der Waals surface area (Å²) in [6.45, 7) is 3.58. The van der Waals surface area contributed by atoms with Crippen LogP contribution in [0.15, 0.2) is 40.8 Å². The topological polar surface area (TPSA) is 75.4 Å². The number of carbonyl (C=O) groups is 2. The summed E-state index contributed by atoms with van der Waals surface area (Å²) in [6.07, 6.45) is 1.63. The zero-order chi connectivity index (χ0) is 18.8. The third-order valence-corrected chi connectivity index (χ3v) is 5.80. The van der Waals surface area contributed by atoms with Gasteiger partial charge in [0.15, 0.2) is 16.5 Å². The van der Waals surface area contributed by atoms with E-state index < -0.39 is 0 Å². The molecule has 3 heterocycles. The molecule has 1 aliphatic heterocycles. The summed E-state index contributed by atoms with van der Waals surface area (Å²) in [5.74, 6) is 0.583. The van der Waals surface area contributed by atoms with E-state index in [1.54, 1.807) is 17.0 Å². The van der Waals surface area contributed by atoms with Gasteiger partial charge >= 0.3 is 0 Å². The number of piperidine rings is 1. The van der Waals surface area contributed by atoms with Crippen LogP contribution in [-0.2, 0) is 4.79 Å². The highest BCUT2D eigenvalue weighted by Gasteiger charge is 2.30. The van der Waals surface area contributed by atoms with E-state index in [1.165, 1.54) is 11.3 Å². The molecule has 1 aromatic carbocycles. The Labute approximate surface area is 161 Å². The van der Waals surface area contributed by atoms with E-state index in [9.17, 15) is 9.59 Å². The molecule has 140 valence electrons. The van der Waals surface area contributed by atoms with Crippen LogP contribution in [0.1, 0.15) is 30.3 Å². The molecule has 1 N–H and O–H groups in total. The van der Waals surface area contributed by atoms with Gasteiger partial charge in [-0.3, -0.25) is 9.59 Å². The number of likely N-dealkylation sites (tertiary alicyclic amines) is 1. The number of amides is 2. The van der Waals surface area contributed by atoms with Gasteiger partial charge in [0, 0.05) is 19.6 Å². The van der Waals surface area contributed by atoms with Gasteiger partial charge in [0.25, 0.3) is 5.91 Å². The van der Waals surface area contributed by atoms with Gasteiger partial charge in [-0.05, 0) is 44.0 Å². The van der Waals surface area contributed by atoms with Crippen LogP contribution in [0.25, 0.3) is 21.0 Å². The van der Waals surface area contributed by atoms with E-state index >= 15 is 0 Å². The third-order valence-electron chi connectivity index (χ3n) is 4.75.